The van der Waals surface area contributed by atoms with Crippen molar-refractivity contribution in [3.05, 3.63) is 0 Å². The Morgan fingerprint density at radius 3 is 2.42 bits per heavy atom. The summed E-state index contributed by atoms with van der Waals surface area (Å²) in [5, 5.41) is 0. The van der Waals surface area contributed by atoms with Gasteiger partial charge in [-0.25, -0.2) is 0 Å². The van der Waals surface area contributed by atoms with Gasteiger partial charge in [-0.3, -0.25) is 4.79 Å². The van der Waals surface area contributed by atoms with Gasteiger partial charge in [0.15, 0.2) is 0 Å². The number of carbonyl (C=O) groups excluding carboxylic acids is 1. The molecule has 1 rings (SSSR count). The fourth-order valence-corrected chi connectivity index (χ4v) is 2.50. The molecule has 1 aliphatic carbocycles. The topological polar surface area (TPSA) is 52.3 Å². The zero-order valence-corrected chi connectivity index (χ0v) is 11.8. The summed E-state index contributed by atoms with van der Waals surface area (Å²) in [6.07, 6.45) is 5.45. The fraction of sp³-hybridized carbons (Fsp3) is 0.929. The standard InChI is InChI=1S/C14H25F2NO2/c1-10(2)19-9-14(15,16)13(18)12(17)8-11-6-4-3-5-7-11/h10-12H,3-9,17H2,1-2H3/t12-/m0/s1. The molecule has 1 aliphatic rings. The van der Waals surface area contributed by atoms with Gasteiger partial charge in [0.25, 0.3) is 0 Å². The van der Waals surface area contributed by atoms with Crippen LogP contribution in [0.2, 0.25) is 0 Å². The van der Waals surface area contributed by atoms with Gasteiger partial charge in [-0.2, -0.15) is 8.78 Å². The maximum Gasteiger partial charge on any atom is 0.329 e. The zero-order chi connectivity index (χ0) is 14.5. The van der Waals surface area contributed by atoms with Crippen molar-refractivity contribution >= 4 is 5.78 Å². The molecule has 112 valence electrons. The highest BCUT2D eigenvalue weighted by atomic mass is 19.3. The van der Waals surface area contributed by atoms with E-state index in [1.807, 2.05) is 0 Å². The predicted octanol–water partition coefficient (Wildman–Crippen LogP) is 2.91. The minimum Gasteiger partial charge on any atom is -0.372 e. The molecule has 0 aromatic carbocycles. The van der Waals surface area contributed by atoms with Crippen molar-refractivity contribution in [2.45, 2.75) is 70.4 Å². The Morgan fingerprint density at radius 2 is 1.89 bits per heavy atom. The van der Waals surface area contributed by atoms with Crippen molar-refractivity contribution in [2.75, 3.05) is 6.61 Å². The Hall–Kier alpha value is -0.550. The highest BCUT2D eigenvalue weighted by molar-refractivity contribution is 5.90. The number of alkyl halides is 2. The molecule has 0 spiro atoms. The first-order valence-electron chi connectivity index (χ1n) is 7.12. The van der Waals surface area contributed by atoms with E-state index in [-0.39, 0.29) is 6.10 Å². The molecule has 0 radical (unpaired) electrons. The molecule has 1 saturated carbocycles. The summed E-state index contributed by atoms with van der Waals surface area (Å²) in [6, 6.07) is -1.08. The van der Waals surface area contributed by atoms with Crippen LogP contribution in [0.25, 0.3) is 0 Å². The third-order valence-corrected chi connectivity index (χ3v) is 3.61. The SMILES string of the molecule is CC(C)OCC(F)(F)C(=O)[C@@H](N)CC1CCCCC1. The van der Waals surface area contributed by atoms with Crippen LogP contribution in [0.1, 0.15) is 52.4 Å². The second-order valence-electron chi connectivity index (χ2n) is 5.77. The van der Waals surface area contributed by atoms with Gasteiger partial charge in [-0.05, 0) is 26.2 Å². The average molecular weight is 277 g/mol. The van der Waals surface area contributed by atoms with Gasteiger partial charge in [0.05, 0.1) is 12.1 Å². The molecule has 1 fully saturated rings. The van der Waals surface area contributed by atoms with Gasteiger partial charge in [0.2, 0.25) is 5.78 Å². The molecule has 19 heavy (non-hydrogen) atoms. The summed E-state index contributed by atoms with van der Waals surface area (Å²) in [4.78, 5) is 11.7. The van der Waals surface area contributed by atoms with Crippen molar-refractivity contribution in [1.82, 2.24) is 0 Å². The molecule has 0 unspecified atom stereocenters. The van der Waals surface area contributed by atoms with Crippen LogP contribution in [-0.4, -0.2) is 30.5 Å². The van der Waals surface area contributed by atoms with Crippen LogP contribution >= 0.6 is 0 Å². The first kappa shape index (κ1) is 16.5. The van der Waals surface area contributed by atoms with Crippen molar-refractivity contribution in [3.8, 4) is 0 Å². The Kier molecular flexibility index (Phi) is 6.33. The van der Waals surface area contributed by atoms with E-state index < -0.39 is 24.4 Å². The van der Waals surface area contributed by atoms with Crippen LogP contribution in [0.5, 0.6) is 0 Å². The molecule has 3 nitrogen and oxygen atoms in total. The highest BCUT2D eigenvalue weighted by Gasteiger charge is 2.42. The molecule has 0 bridgehead atoms. The smallest absolute Gasteiger partial charge is 0.329 e. The number of hydrogen-bond acceptors (Lipinski definition) is 3. The van der Waals surface area contributed by atoms with Gasteiger partial charge in [0.1, 0.15) is 6.61 Å². The van der Waals surface area contributed by atoms with Crippen LogP contribution in [0.15, 0.2) is 0 Å². The lowest BCUT2D eigenvalue weighted by atomic mass is 9.83. The highest BCUT2D eigenvalue weighted by Crippen LogP contribution is 2.28. The zero-order valence-electron chi connectivity index (χ0n) is 11.8. The molecule has 0 amide bonds. The van der Waals surface area contributed by atoms with Crippen LogP contribution in [-0.2, 0) is 9.53 Å². The van der Waals surface area contributed by atoms with E-state index in [4.69, 9.17) is 10.5 Å². The maximum atomic E-state index is 13.6. The molecular formula is C14H25F2NO2. The molecule has 5 heteroatoms. The lowest BCUT2D eigenvalue weighted by molar-refractivity contribution is -0.156. The summed E-state index contributed by atoms with van der Waals surface area (Å²) >= 11 is 0. The van der Waals surface area contributed by atoms with E-state index >= 15 is 0 Å². The number of halogens is 2. The lowest BCUT2D eigenvalue weighted by Crippen LogP contribution is -2.47. The molecule has 0 heterocycles. The number of nitrogens with two attached hydrogens (primary N) is 1. The van der Waals surface area contributed by atoms with Crippen molar-refractivity contribution in [2.24, 2.45) is 11.7 Å². The first-order valence-corrected chi connectivity index (χ1v) is 7.12. The third-order valence-electron chi connectivity index (χ3n) is 3.61. The number of carbonyl (C=O) groups is 1. The number of ether oxygens (including phenoxy) is 1. The molecular weight excluding hydrogens is 252 g/mol. The summed E-state index contributed by atoms with van der Waals surface area (Å²) in [5.74, 6) is -4.34. The molecule has 0 aromatic rings. The first-order chi connectivity index (χ1) is 8.83. The van der Waals surface area contributed by atoms with Gasteiger partial charge in [0, 0.05) is 0 Å². The van der Waals surface area contributed by atoms with Crippen LogP contribution < -0.4 is 5.73 Å². The van der Waals surface area contributed by atoms with Crippen molar-refractivity contribution < 1.29 is 18.3 Å². The largest absolute Gasteiger partial charge is 0.372 e. The number of Topliss-reactive ketones (excluding diaryl/α,β-unsaturated/α-hetero) is 1. The molecule has 2 N–H and O–H groups in total. The van der Waals surface area contributed by atoms with Crippen LogP contribution in [0, 0.1) is 5.92 Å². The second kappa shape index (κ2) is 7.29. The fourth-order valence-electron chi connectivity index (χ4n) is 2.50. The van der Waals surface area contributed by atoms with Crippen molar-refractivity contribution in [3.63, 3.8) is 0 Å². The molecule has 0 aliphatic heterocycles. The summed E-state index contributed by atoms with van der Waals surface area (Å²) in [7, 11) is 0. The Morgan fingerprint density at radius 1 is 1.32 bits per heavy atom. The van der Waals surface area contributed by atoms with E-state index in [1.54, 1.807) is 13.8 Å². The van der Waals surface area contributed by atoms with E-state index in [2.05, 4.69) is 0 Å². The normalized spacial score (nSPS) is 19.7. The Labute approximate surface area is 113 Å². The second-order valence-corrected chi connectivity index (χ2v) is 5.77. The number of ketones is 1. The minimum absolute atomic E-state index is 0.314. The quantitative estimate of drug-likeness (QED) is 0.778. The molecule has 0 saturated heterocycles. The number of rotatable bonds is 7. The van der Waals surface area contributed by atoms with Crippen LogP contribution in [0.4, 0.5) is 8.78 Å². The maximum absolute atomic E-state index is 13.6. The minimum atomic E-state index is -3.47. The van der Waals surface area contributed by atoms with Gasteiger partial charge in [-0.1, -0.05) is 32.1 Å². The molecule has 1 atom stereocenters. The van der Waals surface area contributed by atoms with Gasteiger partial charge in [-0.15, -0.1) is 0 Å². The van der Waals surface area contributed by atoms with Crippen LogP contribution in [0.3, 0.4) is 0 Å². The summed E-state index contributed by atoms with van der Waals surface area (Å²) in [5.41, 5.74) is 5.66. The van der Waals surface area contributed by atoms with Gasteiger partial charge < -0.3 is 10.5 Å². The molecule has 0 aromatic heterocycles. The Bertz CT molecular complexity index is 289. The monoisotopic (exact) mass is 277 g/mol. The Balaban J connectivity index is 2.45. The summed E-state index contributed by atoms with van der Waals surface area (Å²) < 4.78 is 32.1. The van der Waals surface area contributed by atoms with E-state index in [0.717, 1.165) is 25.7 Å². The van der Waals surface area contributed by atoms with E-state index in [1.165, 1.54) is 6.42 Å². The lowest BCUT2D eigenvalue weighted by Gasteiger charge is -2.26. The summed E-state index contributed by atoms with van der Waals surface area (Å²) in [6.45, 7) is 2.44. The van der Waals surface area contributed by atoms with Gasteiger partial charge >= 0.3 is 5.92 Å². The third kappa shape index (κ3) is 5.53. The van der Waals surface area contributed by atoms with E-state index in [9.17, 15) is 13.6 Å². The number of hydrogen-bond donors (Lipinski definition) is 1. The predicted molar refractivity (Wildman–Crippen MR) is 70.2 cm³/mol. The average Bonchev–Trinajstić information content (AvgIpc) is 2.36. The van der Waals surface area contributed by atoms with Crippen molar-refractivity contribution in [1.29, 1.82) is 0 Å². The van der Waals surface area contributed by atoms with E-state index in [0.29, 0.717) is 12.3 Å².